The van der Waals surface area contributed by atoms with Crippen LogP contribution in [0.25, 0.3) is 21.8 Å². The molecule has 0 aliphatic heterocycles. The average molecular weight is 274 g/mol. The van der Waals surface area contributed by atoms with Crippen molar-refractivity contribution >= 4 is 27.5 Å². The second kappa shape index (κ2) is 4.90. The maximum atomic E-state index is 4.49. The molecule has 0 spiro atoms. The molecule has 0 radical (unpaired) electrons. The Morgan fingerprint density at radius 1 is 0.952 bits per heavy atom. The van der Waals surface area contributed by atoms with Crippen LogP contribution in [0, 0.1) is 0 Å². The molecule has 2 N–H and O–H groups in total. The van der Waals surface area contributed by atoms with Crippen molar-refractivity contribution in [2.45, 2.75) is 6.54 Å². The van der Waals surface area contributed by atoms with Gasteiger partial charge in [0, 0.05) is 23.5 Å². The van der Waals surface area contributed by atoms with Crippen molar-refractivity contribution < 1.29 is 0 Å². The highest BCUT2D eigenvalue weighted by Crippen LogP contribution is 2.22. The number of hydrogen-bond donors (Lipinski definition) is 2. The predicted octanol–water partition coefficient (Wildman–Crippen LogP) is 3.72. The van der Waals surface area contributed by atoms with Crippen LogP contribution in [0.15, 0.2) is 60.9 Å². The highest BCUT2D eigenvalue weighted by molar-refractivity contribution is 5.90. The Balaban J connectivity index is 1.68. The van der Waals surface area contributed by atoms with E-state index in [-0.39, 0.29) is 0 Å². The number of aromatic nitrogens is 3. The third-order valence-electron chi connectivity index (χ3n) is 3.66. The lowest BCUT2D eigenvalue weighted by Crippen LogP contribution is -2.01. The molecule has 0 saturated carbocycles. The summed E-state index contributed by atoms with van der Waals surface area (Å²) in [6.07, 6.45) is 3.67. The molecule has 4 rings (SSSR count). The van der Waals surface area contributed by atoms with E-state index in [0.717, 1.165) is 34.0 Å². The molecule has 102 valence electrons. The lowest BCUT2D eigenvalue weighted by atomic mass is 10.1. The van der Waals surface area contributed by atoms with Crippen LogP contribution < -0.4 is 5.32 Å². The van der Waals surface area contributed by atoms with Crippen LogP contribution in [0.1, 0.15) is 5.56 Å². The van der Waals surface area contributed by atoms with Crippen LogP contribution in [0.4, 0.5) is 5.69 Å². The Bertz CT molecular complexity index is 905. The van der Waals surface area contributed by atoms with Gasteiger partial charge in [-0.05, 0) is 17.7 Å². The first-order valence-electron chi connectivity index (χ1n) is 6.90. The summed E-state index contributed by atoms with van der Waals surface area (Å²) in [5.74, 6) is 0. The van der Waals surface area contributed by atoms with Gasteiger partial charge < -0.3 is 5.32 Å². The zero-order chi connectivity index (χ0) is 14.1. The summed E-state index contributed by atoms with van der Waals surface area (Å²) in [4.78, 5) is 4.49. The molecule has 0 bridgehead atoms. The smallest absolute Gasteiger partial charge is 0.0881 e. The summed E-state index contributed by atoms with van der Waals surface area (Å²) < 4.78 is 0. The molecule has 21 heavy (non-hydrogen) atoms. The SMILES string of the molecule is c1cnc2c(CNc3cccc4cn[nH]c34)cccc2c1. The van der Waals surface area contributed by atoms with Gasteiger partial charge in [0.1, 0.15) is 0 Å². The Labute approximate surface area is 121 Å². The van der Waals surface area contributed by atoms with Crippen LogP contribution in [0.5, 0.6) is 0 Å². The number of anilines is 1. The predicted molar refractivity (Wildman–Crippen MR) is 85.2 cm³/mol. The second-order valence-corrected chi connectivity index (χ2v) is 4.99. The van der Waals surface area contributed by atoms with E-state index in [1.807, 2.05) is 30.6 Å². The van der Waals surface area contributed by atoms with Crippen LogP contribution in [0.2, 0.25) is 0 Å². The first kappa shape index (κ1) is 11.9. The largest absolute Gasteiger partial charge is 0.379 e. The van der Waals surface area contributed by atoms with Gasteiger partial charge in [0.2, 0.25) is 0 Å². The van der Waals surface area contributed by atoms with Crippen molar-refractivity contribution in [3.05, 3.63) is 66.5 Å². The number of benzene rings is 2. The van der Waals surface area contributed by atoms with E-state index >= 15 is 0 Å². The van der Waals surface area contributed by atoms with Gasteiger partial charge in [0.25, 0.3) is 0 Å². The van der Waals surface area contributed by atoms with Gasteiger partial charge in [0.05, 0.1) is 22.9 Å². The minimum atomic E-state index is 0.729. The molecule has 2 aromatic heterocycles. The van der Waals surface area contributed by atoms with E-state index < -0.39 is 0 Å². The first-order chi connectivity index (χ1) is 10.4. The quantitative estimate of drug-likeness (QED) is 0.598. The molecule has 0 amide bonds. The fraction of sp³-hybridized carbons (Fsp3) is 0.0588. The topological polar surface area (TPSA) is 53.6 Å². The Morgan fingerprint density at radius 2 is 1.81 bits per heavy atom. The van der Waals surface area contributed by atoms with E-state index in [9.17, 15) is 0 Å². The number of hydrogen-bond acceptors (Lipinski definition) is 3. The van der Waals surface area contributed by atoms with Crippen LogP contribution >= 0.6 is 0 Å². The number of nitrogens with one attached hydrogen (secondary N) is 2. The summed E-state index contributed by atoms with van der Waals surface area (Å²) in [6.45, 7) is 0.729. The highest BCUT2D eigenvalue weighted by atomic mass is 15.1. The number of nitrogens with zero attached hydrogens (tertiary/aromatic N) is 2. The third-order valence-corrected chi connectivity index (χ3v) is 3.66. The highest BCUT2D eigenvalue weighted by Gasteiger charge is 2.04. The molecule has 0 aliphatic rings. The summed E-state index contributed by atoms with van der Waals surface area (Å²) >= 11 is 0. The fourth-order valence-corrected chi connectivity index (χ4v) is 2.62. The Morgan fingerprint density at radius 3 is 2.81 bits per heavy atom. The Kier molecular flexibility index (Phi) is 2.78. The van der Waals surface area contributed by atoms with Crippen LogP contribution in [-0.4, -0.2) is 15.2 Å². The van der Waals surface area contributed by atoms with Crippen molar-refractivity contribution in [1.29, 1.82) is 0 Å². The lowest BCUT2D eigenvalue weighted by molar-refractivity contribution is 1.11. The van der Waals surface area contributed by atoms with Gasteiger partial charge >= 0.3 is 0 Å². The number of pyridine rings is 1. The molecule has 2 aromatic carbocycles. The minimum absolute atomic E-state index is 0.729. The molecule has 4 aromatic rings. The molecule has 2 heterocycles. The summed E-state index contributed by atoms with van der Waals surface area (Å²) in [7, 11) is 0. The summed E-state index contributed by atoms with van der Waals surface area (Å²) in [5, 5.41) is 12.9. The van der Waals surface area contributed by atoms with Gasteiger partial charge in [-0.15, -0.1) is 0 Å². The zero-order valence-electron chi connectivity index (χ0n) is 11.4. The number of para-hydroxylation sites is 2. The van der Waals surface area contributed by atoms with Crippen molar-refractivity contribution in [2.24, 2.45) is 0 Å². The third kappa shape index (κ3) is 2.10. The molecule has 4 nitrogen and oxygen atoms in total. The Hall–Kier alpha value is -2.88. The zero-order valence-corrected chi connectivity index (χ0v) is 11.4. The van der Waals surface area contributed by atoms with Gasteiger partial charge in [0.15, 0.2) is 0 Å². The fourth-order valence-electron chi connectivity index (χ4n) is 2.62. The molecule has 0 saturated heterocycles. The van der Waals surface area contributed by atoms with Crippen LogP contribution in [-0.2, 0) is 6.54 Å². The van der Waals surface area contributed by atoms with Crippen molar-refractivity contribution in [2.75, 3.05) is 5.32 Å². The van der Waals surface area contributed by atoms with Crippen molar-refractivity contribution in [3.63, 3.8) is 0 Å². The number of H-pyrrole nitrogens is 1. The van der Waals surface area contributed by atoms with Crippen LogP contribution in [0.3, 0.4) is 0 Å². The van der Waals surface area contributed by atoms with Gasteiger partial charge in [-0.2, -0.15) is 5.10 Å². The van der Waals surface area contributed by atoms with Crippen molar-refractivity contribution in [1.82, 2.24) is 15.2 Å². The summed E-state index contributed by atoms with van der Waals surface area (Å²) in [6, 6.07) is 16.4. The van der Waals surface area contributed by atoms with E-state index in [0.29, 0.717) is 0 Å². The van der Waals surface area contributed by atoms with Gasteiger partial charge in [-0.1, -0.05) is 36.4 Å². The average Bonchev–Trinajstić information content (AvgIpc) is 3.02. The van der Waals surface area contributed by atoms with E-state index in [1.165, 1.54) is 5.56 Å². The standard InChI is InChI=1S/C17H14N4/c1-4-12-7-3-9-18-16(12)13(5-1)10-19-15-8-2-6-14-11-20-21-17(14)15/h1-9,11,19H,10H2,(H,20,21). The number of aromatic amines is 1. The second-order valence-electron chi connectivity index (χ2n) is 4.99. The molecule has 4 heteroatoms. The number of rotatable bonds is 3. The maximum Gasteiger partial charge on any atom is 0.0881 e. The lowest BCUT2D eigenvalue weighted by Gasteiger charge is -2.09. The molecule has 0 unspecified atom stereocenters. The van der Waals surface area contributed by atoms with E-state index in [1.54, 1.807) is 0 Å². The molecule has 0 atom stereocenters. The number of fused-ring (bicyclic) bond motifs is 2. The first-order valence-corrected chi connectivity index (χ1v) is 6.90. The van der Waals surface area contributed by atoms with E-state index in [2.05, 4.69) is 50.8 Å². The minimum Gasteiger partial charge on any atom is -0.379 e. The normalized spacial score (nSPS) is 11.0. The van der Waals surface area contributed by atoms with E-state index in [4.69, 9.17) is 0 Å². The van der Waals surface area contributed by atoms with Crippen molar-refractivity contribution in [3.8, 4) is 0 Å². The van der Waals surface area contributed by atoms with Gasteiger partial charge in [-0.25, -0.2) is 0 Å². The molecule has 0 fully saturated rings. The molecule has 0 aliphatic carbocycles. The maximum absolute atomic E-state index is 4.49. The molecular weight excluding hydrogens is 260 g/mol. The summed E-state index contributed by atoms with van der Waals surface area (Å²) in [5.41, 5.74) is 4.32. The monoisotopic (exact) mass is 274 g/mol. The van der Waals surface area contributed by atoms with Gasteiger partial charge in [-0.3, -0.25) is 10.1 Å². The molecular formula is C17H14N4.